The summed E-state index contributed by atoms with van der Waals surface area (Å²) in [6.45, 7) is 0.770. The van der Waals surface area contributed by atoms with Gasteiger partial charge in [0.1, 0.15) is 0 Å². The largest absolute Gasteiger partial charge is 0.367 e. The molecule has 0 spiro atoms. The van der Waals surface area contributed by atoms with E-state index in [1.54, 1.807) is 0 Å². The Bertz CT molecular complexity index is 641. The number of aromatic nitrogens is 3. The Kier molecular flexibility index (Phi) is 3.02. The van der Waals surface area contributed by atoms with E-state index in [9.17, 15) is 0 Å². The number of rotatable bonds is 3. The van der Waals surface area contributed by atoms with Gasteiger partial charge in [0.2, 0.25) is 0 Å². The van der Waals surface area contributed by atoms with E-state index in [4.69, 9.17) is 0 Å². The van der Waals surface area contributed by atoms with Crippen molar-refractivity contribution < 1.29 is 0 Å². The molecule has 3 nitrogen and oxygen atoms in total. The topological polar surface area (TPSA) is 33.6 Å². The third-order valence-corrected chi connectivity index (χ3v) is 3.63. The summed E-state index contributed by atoms with van der Waals surface area (Å²) >= 11 is 3.55. The minimum absolute atomic E-state index is 0.770. The van der Waals surface area contributed by atoms with E-state index in [0.717, 1.165) is 22.1 Å². The van der Waals surface area contributed by atoms with Crippen LogP contribution in [0.25, 0.3) is 11.1 Å². The number of aromatic amines is 1. The Morgan fingerprint density at radius 1 is 1.17 bits per heavy atom. The van der Waals surface area contributed by atoms with Crippen LogP contribution in [0.15, 0.2) is 59.6 Å². The molecule has 3 aromatic rings. The fraction of sp³-hybridized carbons (Fsp3) is 0.0714. The lowest BCUT2D eigenvalue weighted by Gasteiger charge is -2.03. The summed E-state index contributed by atoms with van der Waals surface area (Å²) < 4.78 is 3.06. The van der Waals surface area contributed by atoms with E-state index < -0.39 is 0 Å². The highest BCUT2D eigenvalue weighted by Gasteiger charge is 2.04. The summed E-state index contributed by atoms with van der Waals surface area (Å²) in [7, 11) is 0. The Labute approximate surface area is 114 Å². The van der Waals surface area contributed by atoms with Crippen molar-refractivity contribution in [3.63, 3.8) is 0 Å². The van der Waals surface area contributed by atoms with Gasteiger partial charge in [-0.15, -0.1) is 0 Å². The maximum atomic E-state index is 4.39. The van der Waals surface area contributed by atoms with Crippen LogP contribution in [-0.2, 0) is 6.54 Å². The van der Waals surface area contributed by atoms with Gasteiger partial charge < -0.3 is 4.98 Å². The van der Waals surface area contributed by atoms with Crippen molar-refractivity contribution >= 4 is 15.9 Å². The third-order valence-electron chi connectivity index (χ3n) is 2.85. The van der Waals surface area contributed by atoms with Gasteiger partial charge in [-0.2, -0.15) is 5.10 Å². The molecule has 90 valence electrons. The maximum Gasteiger partial charge on any atom is 0.0670 e. The molecule has 3 rings (SSSR count). The van der Waals surface area contributed by atoms with Crippen LogP contribution in [0.4, 0.5) is 0 Å². The van der Waals surface area contributed by atoms with Crippen LogP contribution >= 0.6 is 15.9 Å². The van der Waals surface area contributed by atoms with Crippen LogP contribution in [0, 0.1) is 0 Å². The highest BCUT2D eigenvalue weighted by molar-refractivity contribution is 9.10. The lowest BCUT2D eigenvalue weighted by molar-refractivity contribution is 0.685. The number of H-pyrrole nitrogens is 1. The molecule has 2 aromatic heterocycles. The molecule has 4 heteroatoms. The first kappa shape index (κ1) is 11.3. The molecular weight excluding hydrogens is 290 g/mol. The Hall–Kier alpha value is -1.81. The van der Waals surface area contributed by atoms with Crippen LogP contribution in [0.5, 0.6) is 0 Å². The predicted molar refractivity (Wildman–Crippen MR) is 75.3 cm³/mol. The van der Waals surface area contributed by atoms with Crippen molar-refractivity contribution in [3.8, 4) is 11.1 Å². The second-order valence-corrected chi connectivity index (χ2v) is 4.97. The summed E-state index contributed by atoms with van der Waals surface area (Å²) in [6.07, 6.45) is 7.84. The number of halogens is 1. The van der Waals surface area contributed by atoms with Gasteiger partial charge >= 0.3 is 0 Å². The number of benzene rings is 1. The van der Waals surface area contributed by atoms with Gasteiger partial charge in [-0.05, 0) is 17.7 Å². The average molecular weight is 302 g/mol. The molecule has 0 amide bonds. The van der Waals surface area contributed by atoms with Crippen LogP contribution in [0.2, 0.25) is 0 Å². The molecule has 1 aromatic carbocycles. The lowest BCUT2D eigenvalue weighted by Crippen LogP contribution is -2.00. The van der Waals surface area contributed by atoms with Crippen LogP contribution in [0.3, 0.4) is 0 Å². The maximum absolute atomic E-state index is 4.39. The van der Waals surface area contributed by atoms with Gasteiger partial charge in [0.15, 0.2) is 0 Å². The van der Waals surface area contributed by atoms with E-state index >= 15 is 0 Å². The molecule has 2 heterocycles. The van der Waals surface area contributed by atoms with E-state index in [1.165, 1.54) is 5.56 Å². The Morgan fingerprint density at radius 2 is 2.06 bits per heavy atom. The van der Waals surface area contributed by atoms with Gasteiger partial charge in [-0.1, -0.05) is 34.1 Å². The van der Waals surface area contributed by atoms with Gasteiger partial charge in [0.25, 0.3) is 0 Å². The van der Waals surface area contributed by atoms with Crippen molar-refractivity contribution in [1.82, 2.24) is 14.8 Å². The fourth-order valence-corrected chi connectivity index (χ4v) is 2.31. The minimum atomic E-state index is 0.770. The van der Waals surface area contributed by atoms with E-state index in [2.05, 4.69) is 38.3 Å². The number of hydrogen-bond donors (Lipinski definition) is 1. The summed E-state index contributed by atoms with van der Waals surface area (Å²) in [6, 6.07) is 10.2. The first-order valence-corrected chi connectivity index (χ1v) is 6.51. The zero-order chi connectivity index (χ0) is 12.4. The highest BCUT2D eigenvalue weighted by atomic mass is 79.9. The predicted octanol–water partition coefficient (Wildman–Crippen LogP) is 3.69. The van der Waals surface area contributed by atoms with Crippen molar-refractivity contribution in [2.75, 3.05) is 0 Å². The van der Waals surface area contributed by atoms with E-state index in [0.29, 0.717) is 0 Å². The SMILES string of the molecule is Brc1ccccc1Cn1cc(-c2cc[nH]c2)cn1. The summed E-state index contributed by atoms with van der Waals surface area (Å²) in [4.78, 5) is 3.05. The molecule has 0 unspecified atom stereocenters. The first-order valence-electron chi connectivity index (χ1n) is 5.72. The van der Waals surface area contributed by atoms with Crippen molar-refractivity contribution in [3.05, 3.63) is 65.2 Å². The molecule has 0 atom stereocenters. The van der Waals surface area contributed by atoms with Crippen molar-refractivity contribution in [2.45, 2.75) is 6.54 Å². The van der Waals surface area contributed by atoms with E-state index in [-0.39, 0.29) is 0 Å². The van der Waals surface area contributed by atoms with Crippen molar-refractivity contribution in [1.29, 1.82) is 0 Å². The molecule has 0 bridgehead atoms. The van der Waals surface area contributed by atoms with Gasteiger partial charge in [0, 0.05) is 34.2 Å². The zero-order valence-electron chi connectivity index (χ0n) is 9.68. The van der Waals surface area contributed by atoms with Crippen LogP contribution in [0.1, 0.15) is 5.56 Å². The second kappa shape index (κ2) is 4.82. The molecule has 0 saturated heterocycles. The number of hydrogen-bond acceptors (Lipinski definition) is 1. The molecule has 0 aliphatic heterocycles. The Morgan fingerprint density at radius 3 is 2.83 bits per heavy atom. The quantitative estimate of drug-likeness (QED) is 0.786. The molecular formula is C14H12BrN3. The van der Waals surface area contributed by atoms with E-state index in [1.807, 2.05) is 47.5 Å². The smallest absolute Gasteiger partial charge is 0.0670 e. The lowest BCUT2D eigenvalue weighted by atomic mass is 10.2. The van der Waals surface area contributed by atoms with Gasteiger partial charge in [-0.25, -0.2) is 0 Å². The van der Waals surface area contributed by atoms with Crippen molar-refractivity contribution in [2.24, 2.45) is 0 Å². The fourth-order valence-electron chi connectivity index (χ4n) is 1.90. The number of nitrogens with one attached hydrogen (secondary N) is 1. The summed E-state index contributed by atoms with van der Waals surface area (Å²) in [5.74, 6) is 0. The summed E-state index contributed by atoms with van der Waals surface area (Å²) in [5, 5.41) is 4.39. The first-order chi connectivity index (χ1) is 8.83. The standard InChI is InChI=1S/C14H12BrN3/c15-14-4-2-1-3-12(14)9-18-10-13(8-17-18)11-5-6-16-7-11/h1-8,10,16H,9H2. The molecule has 1 N–H and O–H groups in total. The highest BCUT2D eigenvalue weighted by Crippen LogP contribution is 2.20. The Balaban J connectivity index is 1.85. The number of nitrogens with zero attached hydrogens (tertiary/aromatic N) is 2. The zero-order valence-corrected chi connectivity index (χ0v) is 11.3. The second-order valence-electron chi connectivity index (χ2n) is 4.12. The van der Waals surface area contributed by atoms with Crippen LogP contribution in [-0.4, -0.2) is 14.8 Å². The molecule has 0 aliphatic carbocycles. The minimum Gasteiger partial charge on any atom is -0.367 e. The normalized spacial score (nSPS) is 10.7. The van der Waals surface area contributed by atoms with Crippen LogP contribution < -0.4 is 0 Å². The molecule has 0 aliphatic rings. The molecule has 18 heavy (non-hydrogen) atoms. The van der Waals surface area contributed by atoms with Gasteiger partial charge in [0.05, 0.1) is 12.7 Å². The molecule has 0 fully saturated rings. The molecule has 0 saturated carbocycles. The monoisotopic (exact) mass is 301 g/mol. The van der Waals surface area contributed by atoms with Gasteiger partial charge in [-0.3, -0.25) is 4.68 Å². The third kappa shape index (κ3) is 2.24. The summed E-state index contributed by atoms with van der Waals surface area (Å²) in [5.41, 5.74) is 3.51. The molecule has 0 radical (unpaired) electrons. The average Bonchev–Trinajstić information content (AvgIpc) is 3.02.